The third-order valence-corrected chi connectivity index (χ3v) is 5.63. The second-order valence-electron chi connectivity index (χ2n) is 6.66. The molecule has 0 spiro atoms. The molecular weight excluding hydrogens is 387 g/mol. The Morgan fingerprint density at radius 2 is 1.78 bits per heavy atom. The molecule has 1 aliphatic rings. The molecule has 3 atom stereocenters. The van der Waals surface area contributed by atoms with Crippen LogP contribution in [0.1, 0.15) is 48.4 Å². The number of hydrogen-bond acceptors (Lipinski definition) is 2. The van der Waals surface area contributed by atoms with Crippen LogP contribution in [-0.2, 0) is 4.79 Å². The Morgan fingerprint density at radius 3 is 2.44 bits per heavy atom. The molecule has 3 rings (SSSR count). The van der Waals surface area contributed by atoms with Crippen molar-refractivity contribution in [3.8, 4) is 0 Å². The van der Waals surface area contributed by atoms with Crippen LogP contribution in [0.4, 0.5) is 4.79 Å². The van der Waals surface area contributed by atoms with E-state index in [1.807, 2.05) is 30.3 Å². The molecule has 0 heterocycles. The number of hydrogen-bond donors (Lipinski definition) is 3. The number of benzene rings is 2. The average molecular weight is 407 g/mol. The zero-order valence-corrected chi connectivity index (χ0v) is 16.2. The van der Waals surface area contributed by atoms with Gasteiger partial charge in [0.1, 0.15) is 6.04 Å². The van der Waals surface area contributed by atoms with Gasteiger partial charge in [-0.15, -0.1) is 0 Å². The highest BCUT2D eigenvalue weighted by molar-refractivity contribution is 6.42. The van der Waals surface area contributed by atoms with Gasteiger partial charge in [-0.2, -0.15) is 0 Å². The fourth-order valence-corrected chi connectivity index (χ4v) is 3.87. The number of nitrogens with one attached hydrogen (secondary N) is 2. The monoisotopic (exact) mass is 406 g/mol. The van der Waals surface area contributed by atoms with E-state index in [2.05, 4.69) is 16.7 Å². The van der Waals surface area contributed by atoms with Gasteiger partial charge in [-0.3, -0.25) is 4.79 Å². The molecule has 0 bridgehead atoms. The molecule has 3 N–H and O–H groups in total. The van der Waals surface area contributed by atoms with E-state index in [4.69, 9.17) is 28.3 Å². The molecule has 0 saturated carbocycles. The number of halogens is 2. The number of carboxylic acid groups (broad SMARTS) is 1. The summed E-state index contributed by atoms with van der Waals surface area (Å²) in [6, 6.07) is 12.7. The largest absolute Gasteiger partial charge is 0.465 e. The molecule has 2 amide bonds. The molecule has 2 aromatic carbocycles. The second kappa shape index (κ2) is 8.19. The van der Waals surface area contributed by atoms with Crippen molar-refractivity contribution in [1.29, 1.82) is 0 Å². The first-order chi connectivity index (χ1) is 12.9. The van der Waals surface area contributed by atoms with Gasteiger partial charge < -0.3 is 15.7 Å². The van der Waals surface area contributed by atoms with Crippen molar-refractivity contribution in [2.75, 3.05) is 0 Å². The van der Waals surface area contributed by atoms with Gasteiger partial charge >= 0.3 is 6.09 Å². The first-order valence-corrected chi connectivity index (χ1v) is 9.46. The Hall–Kier alpha value is -2.24. The lowest BCUT2D eigenvalue weighted by Crippen LogP contribution is -2.46. The van der Waals surface area contributed by atoms with Crippen LogP contribution in [-0.4, -0.2) is 23.1 Å². The van der Waals surface area contributed by atoms with Gasteiger partial charge in [-0.25, -0.2) is 4.79 Å². The SMILES string of the molecule is C[C@H](NC(=O)O)C(=O)NC1CCC(c2ccc(Cl)c(Cl)c2)c2ccccc21. The molecule has 0 saturated heterocycles. The van der Waals surface area contributed by atoms with Crippen molar-refractivity contribution in [3.63, 3.8) is 0 Å². The van der Waals surface area contributed by atoms with Gasteiger partial charge in [0.2, 0.25) is 5.91 Å². The normalized spacial score (nSPS) is 19.7. The van der Waals surface area contributed by atoms with E-state index in [9.17, 15) is 9.59 Å². The molecule has 5 nitrogen and oxygen atoms in total. The zero-order valence-electron chi connectivity index (χ0n) is 14.7. The summed E-state index contributed by atoms with van der Waals surface area (Å²) >= 11 is 12.2. The van der Waals surface area contributed by atoms with Crippen molar-refractivity contribution in [1.82, 2.24) is 10.6 Å². The molecule has 0 fully saturated rings. The van der Waals surface area contributed by atoms with Gasteiger partial charge in [0.15, 0.2) is 0 Å². The molecule has 1 aliphatic carbocycles. The summed E-state index contributed by atoms with van der Waals surface area (Å²) < 4.78 is 0. The van der Waals surface area contributed by atoms with Gasteiger partial charge in [-0.05, 0) is 48.6 Å². The third-order valence-electron chi connectivity index (χ3n) is 4.89. The van der Waals surface area contributed by atoms with E-state index < -0.39 is 12.1 Å². The maximum Gasteiger partial charge on any atom is 0.405 e. The molecule has 2 aromatic rings. The number of rotatable bonds is 4. The quantitative estimate of drug-likeness (QED) is 0.686. The van der Waals surface area contributed by atoms with Crippen LogP contribution in [0.2, 0.25) is 10.0 Å². The second-order valence-corrected chi connectivity index (χ2v) is 7.48. The van der Waals surface area contributed by atoms with E-state index >= 15 is 0 Å². The zero-order chi connectivity index (χ0) is 19.6. The minimum Gasteiger partial charge on any atom is -0.465 e. The Labute approximate surface area is 167 Å². The molecule has 27 heavy (non-hydrogen) atoms. The van der Waals surface area contributed by atoms with Crippen LogP contribution in [0.3, 0.4) is 0 Å². The maximum absolute atomic E-state index is 12.3. The number of fused-ring (bicyclic) bond motifs is 1. The Morgan fingerprint density at radius 1 is 1.07 bits per heavy atom. The predicted octanol–water partition coefficient (Wildman–Crippen LogP) is 4.73. The highest BCUT2D eigenvalue weighted by Crippen LogP contribution is 2.42. The van der Waals surface area contributed by atoms with E-state index in [1.54, 1.807) is 6.07 Å². The smallest absolute Gasteiger partial charge is 0.405 e. The van der Waals surface area contributed by atoms with E-state index in [0.717, 1.165) is 29.5 Å². The summed E-state index contributed by atoms with van der Waals surface area (Å²) in [6.07, 6.45) is 0.357. The maximum atomic E-state index is 12.3. The molecular formula is C20H20Cl2N2O3. The molecule has 0 radical (unpaired) electrons. The minimum absolute atomic E-state index is 0.161. The highest BCUT2D eigenvalue weighted by atomic mass is 35.5. The molecule has 0 aliphatic heterocycles. The lowest BCUT2D eigenvalue weighted by molar-refractivity contribution is -0.123. The summed E-state index contributed by atoms with van der Waals surface area (Å²) in [7, 11) is 0. The van der Waals surface area contributed by atoms with Gasteiger partial charge in [0.05, 0.1) is 16.1 Å². The van der Waals surface area contributed by atoms with Crippen LogP contribution in [0.25, 0.3) is 0 Å². The van der Waals surface area contributed by atoms with Crippen LogP contribution < -0.4 is 10.6 Å². The summed E-state index contributed by atoms with van der Waals surface area (Å²) in [5, 5.41) is 15.0. The van der Waals surface area contributed by atoms with Crippen molar-refractivity contribution in [3.05, 3.63) is 69.2 Å². The Balaban J connectivity index is 1.85. The lowest BCUT2D eigenvalue weighted by Gasteiger charge is -2.33. The van der Waals surface area contributed by atoms with Gasteiger partial charge in [-0.1, -0.05) is 53.5 Å². The van der Waals surface area contributed by atoms with Gasteiger partial charge in [0.25, 0.3) is 0 Å². The summed E-state index contributed by atoms with van der Waals surface area (Å²) in [5.74, 6) is -0.177. The highest BCUT2D eigenvalue weighted by Gasteiger charge is 2.30. The van der Waals surface area contributed by atoms with Crippen molar-refractivity contribution in [2.24, 2.45) is 0 Å². The van der Waals surface area contributed by atoms with Gasteiger partial charge in [0, 0.05) is 5.92 Å². The number of carbonyl (C=O) groups excluding carboxylic acids is 1. The average Bonchev–Trinajstić information content (AvgIpc) is 2.64. The van der Waals surface area contributed by atoms with Crippen LogP contribution >= 0.6 is 23.2 Å². The van der Waals surface area contributed by atoms with E-state index in [1.165, 1.54) is 6.92 Å². The predicted molar refractivity (Wildman–Crippen MR) is 105 cm³/mol. The van der Waals surface area contributed by atoms with E-state index in [-0.39, 0.29) is 17.9 Å². The molecule has 7 heteroatoms. The topological polar surface area (TPSA) is 78.4 Å². The van der Waals surface area contributed by atoms with Crippen molar-refractivity contribution in [2.45, 2.75) is 37.8 Å². The minimum atomic E-state index is -1.22. The first-order valence-electron chi connectivity index (χ1n) is 8.70. The first kappa shape index (κ1) is 19.5. The van der Waals surface area contributed by atoms with Crippen molar-refractivity contribution >= 4 is 35.2 Å². The number of amides is 2. The fraction of sp³-hybridized carbons (Fsp3) is 0.300. The summed E-state index contributed by atoms with van der Waals surface area (Å²) in [5.41, 5.74) is 3.25. The number of carbonyl (C=O) groups is 2. The van der Waals surface area contributed by atoms with Crippen LogP contribution in [0.15, 0.2) is 42.5 Å². The Kier molecular flexibility index (Phi) is 5.92. The van der Waals surface area contributed by atoms with E-state index in [0.29, 0.717) is 10.0 Å². The van der Waals surface area contributed by atoms with Crippen molar-refractivity contribution < 1.29 is 14.7 Å². The Bertz CT molecular complexity index is 872. The third kappa shape index (κ3) is 4.37. The fourth-order valence-electron chi connectivity index (χ4n) is 3.56. The summed E-state index contributed by atoms with van der Waals surface area (Å²) in [6.45, 7) is 1.52. The molecule has 142 valence electrons. The molecule has 0 aromatic heterocycles. The van der Waals surface area contributed by atoms with Crippen LogP contribution in [0.5, 0.6) is 0 Å². The summed E-state index contributed by atoms with van der Waals surface area (Å²) in [4.78, 5) is 23.1. The van der Waals surface area contributed by atoms with Crippen LogP contribution in [0, 0.1) is 0 Å². The standard InChI is InChI=1S/C20H20Cl2N2O3/c1-11(23-20(26)27)19(25)24-18-9-7-13(14-4-2-3-5-15(14)18)12-6-8-16(21)17(22)10-12/h2-6,8,10-11,13,18,23H,7,9H2,1H3,(H,24,25)(H,26,27)/t11-,13?,18?/m0/s1. The lowest BCUT2D eigenvalue weighted by atomic mass is 9.76. The molecule has 2 unspecified atom stereocenters.